The zero-order chi connectivity index (χ0) is 14.4. The number of hydrogen-bond donors (Lipinski definition) is 2. The van der Waals surface area contributed by atoms with Crippen molar-refractivity contribution in [1.29, 1.82) is 0 Å². The number of hydrogen-bond acceptors (Lipinski definition) is 5. The minimum Gasteiger partial charge on any atom is -0.484 e. The molecule has 1 atom stereocenters. The van der Waals surface area contributed by atoms with Crippen LogP contribution >= 0.6 is 0 Å². The van der Waals surface area contributed by atoms with E-state index in [9.17, 15) is 10.1 Å². The number of nitrogens with zero attached hydrogens (tertiary/aromatic N) is 1. The van der Waals surface area contributed by atoms with E-state index in [0.717, 1.165) is 0 Å². The normalized spacial score (nSPS) is 12.3. The van der Waals surface area contributed by atoms with Crippen molar-refractivity contribution in [2.24, 2.45) is 5.92 Å². The lowest BCUT2D eigenvalue weighted by molar-refractivity contribution is -0.385. The number of rotatable bonds is 7. The van der Waals surface area contributed by atoms with Crippen molar-refractivity contribution >= 4 is 11.4 Å². The summed E-state index contributed by atoms with van der Waals surface area (Å²) in [5.41, 5.74) is 0.338. The number of nitro groups is 1. The molecule has 0 amide bonds. The first-order chi connectivity index (χ1) is 8.95. The van der Waals surface area contributed by atoms with Gasteiger partial charge in [-0.2, -0.15) is 0 Å². The van der Waals surface area contributed by atoms with Gasteiger partial charge >= 0.3 is 5.69 Å². The number of aliphatic hydroxyl groups is 1. The van der Waals surface area contributed by atoms with Crippen LogP contribution < -0.4 is 10.1 Å². The summed E-state index contributed by atoms with van der Waals surface area (Å²) in [5, 5.41) is 23.1. The Balaban J connectivity index is 2.99. The van der Waals surface area contributed by atoms with E-state index in [0.29, 0.717) is 12.2 Å². The summed E-state index contributed by atoms with van der Waals surface area (Å²) >= 11 is 0. The van der Waals surface area contributed by atoms with Gasteiger partial charge in [0.15, 0.2) is 5.75 Å². The Hall–Kier alpha value is -1.82. The molecule has 1 aromatic carbocycles. The predicted molar refractivity (Wildman–Crippen MR) is 73.6 cm³/mol. The summed E-state index contributed by atoms with van der Waals surface area (Å²) in [4.78, 5) is 10.7. The van der Waals surface area contributed by atoms with E-state index in [1.807, 2.05) is 20.8 Å². The van der Waals surface area contributed by atoms with Gasteiger partial charge in [-0.05, 0) is 31.9 Å². The first kappa shape index (κ1) is 15.2. The molecule has 1 unspecified atom stereocenters. The molecule has 106 valence electrons. The molecule has 6 nitrogen and oxygen atoms in total. The second-order valence-electron chi connectivity index (χ2n) is 4.74. The Labute approximate surface area is 112 Å². The van der Waals surface area contributed by atoms with Crippen LogP contribution in [0.4, 0.5) is 11.4 Å². The van der Waals surface area contributed by atoms with Crippen molar-refractivity contribution in [3.05, 3.63) is 28.3 Å². The van der Waals surface area contributed by atoms with Crippen LogP contribution in [-0.4, -0.2) is 29.3 Å². The molecular formula is C13H20N2O4. The van der Waals surface area contributed by atoms with Crippen LogP contribution in [0, 0.1) is 16.0 Å². The molecular weight excluding hydrogens is 248 g/mol. The second-order valence-corrected chi connectivity index (χ2v) is 4.74. The molecule has 0 aromatic heterocycles. The zero-order valence-corrected chi connectivity index (χ0v) is 11.4. The van der Waals surface area contributed by atoms with E-state index in [1.54, 1.807) is 18.2 Å². The van der Waals surface area contributed by atoms with Gasteiger partial charge in [0, 0.05) is 13.2 Å². The van der Waals surface area contributed by atoms with E-state index in [-0.39, 0.29) is 30.1 Å². The lowest BCUT2D eigenvalue weighted by Gasteiger charge is -2.14. The quantitative estimate of drug-likeness (QED) is 0.586. The van der Waals surface area contributed by atoms with Crippen molar-refractivity contribution in [3.8, 4) is 5.75 Å². The zero-order valence-electron chi connectivity index (χ0n) is 11.4. The molecule has 0 saturated carbocycles. The maximum Gasteiger partial charge on any atom is 0.333 e. The largest absolute Gasteiger partial charge is 0.484 e. The molecule has 0 saturated heterocycles. The fraction of sp³-hybridized carbons (Fsp3) is 0.538. The van der Waals surface area contributed by atoms with Gasteiger partial charge in [-0.1, -0.05) is 13.0 Å². The predicted octanol–water partition coefficient (Wildman–Crippen LogP) is 2.42. The second kappa shape index (κ2) is 6.94. The van der Waals surface area contributed by atoms with E-state index in [4.69, 9.17) is 9.84 Å². The Morgan fingerprint density at radius 3 is 2.63 bits per heavy atom. The lowest BCUT2D eigenvalue weighted by Crippen LogP contribution is -2.16. The average molecular weight is 268 g/mol. The third-order valence-corrected chi connectivity index (χ3v) is 2.50. The monoisotopic (exact) mass is 268 g/mol. The molecule has 0 spiro atoms. The van der Waals surface area contributed by atoms with Gasteiger partial charge in [-0.15, -0.1) is 0 Å². The van der Waals surface area contributed by atoms with Crippen molar-refractivity contribution in [2.75, 3.05) is 18.5 Å². The highest BCUT2D eigenvalue weighted by Gasteiger charge is 2.21. The standard InChI is InChI=1S/C13H20N2O4/c1-9(2)19-12-6-4-5-11(13(12)15(17)18)14-7-10(3)8-16/h4-6,9-10,14,16H,7-8H2,1-3H3. The van der Waals surface area contributed by atoms with Crippen molar-refractivity contribution in [2.45, 2.75) is 26.9 Å². The van der Waals surface area contributed by atoms with E-state index in [2.05, 4.69) is 5.32 Å². The summed E-state index contributed by atoms with van der Waals surface area (Å²) in [6, 6.07) is 4.92. The van der Waals surface area contributed by atoms with Gasteiger partial charge < -0.3 is 15.2 Å². The summed E-state index contributed by atoms with van der Waals surface area (Å²) in [5.74, 6) is 0.274. The Morgan fingerprint density at radius 1 is 1.42 bits per heavy atom. The van der Waals surface area contributed by atoms with Crippen LogP contribution in [-0.2, 0) is 0 Å². The molecule has 0 bridgehead atoms. The van der Waals surface area contributed by atoms with Gasteiger partial charge in [-0.3, -0.25) is 10.1 Å². The van der Waals surface area contributed by atoms with Crippen LogP contribution in [0.5, 0.6) is 5.75 Å². The molecule has 0 radical (unpaired) electrons. The van der Waals surface area contributed by atoms with Crippen LogP contribution in [0.3, 0.4) is 0 Å². The van der Waals surface area contributed by atoms with Crippen LogP contribution in [0.25, 0.3) is 0 Å². The fourth-order valence-corrected chi connectivity index (χ4v) is 1.55. The summed E-state index contributed by atoms with van der Waals surface area (Å²) in [6.07, 6.45) is -0.134. The minimum atomic E-state index is -0.455. The van der Waals surface area contributed by atoms with E-state index in [1.165, 1.54) is 0 Å². The highest BCUT2D eigenvalue weighted by Crippen LogP contribution is 2.35. The number of nitrogens with one attached hydrogen (secondary N) is 1. The number of aliphatic hydroxyl groups excluding tert-OH is 1. The molecule has 0 aliphatic heterocycles. The Kier molecular flexibility index (Phi) is 5.57. The van der Waals surface area contributed by atoms with Crippen molar-refractivity contribution in [1.82, 2.24) is 0 Å². The lowest BCUT2D eigenvalue weighted by atomic mass is 10.2. The summed E-state index contributed by atoms with van der Waals surface area (Å²) < 4.78 is 5.45. The number of para-hydroxylation sites is 1. The van der Waals surface area contributed by atoms with Crippen molar-refractivity contribution < 1.29 is 14.8 Å². The van der Waals surface area contributed by atoms with Crippen LogP contribution in [0.2, 0.25) is 0 Å². The van der Waals surface area contributed by atoms with E-state index >= 15 is 0 Å². The third-order valence-electron chi connectivity index (χ3n) is 2.50. The summed E-state index contributed by atoms with van der Waals surface area (Å²) in [7, 11) is 0. The number of benzene rings is 1. The van der Waals surface area contributed by atoms with Crippen LogP contribution in [0.15, 0.2) is 18.2 Å². The maximum absolute atomic E-state index is 11.2. The first-order valence-electron chi connectivity index (χ1n) is 6.24. The van der Waals surface area contributed by atoms with Gasteiger partial charge in [0.25, 0.3) is 0 Å². The fourth-order valence-electron chi connectivity index (χ4n) is 1.55. The highest BCUT2D eigenvalue weighted by atomic mass is 16.6. The average Bonchev–Trinajstić information content (AvgIpc) is 2.34. The van der Waals surface area contributed by atoms with Gasteiger partial charge in [0.2, 0.25) is 0 Å². The van der Waals surface area contributed by atoms with Gasteiger partial charge in [0.1, 0.15) is 5.69 Å². The molecule has 6 heteroatoms. The summed E-state index contributed by atoms with van der Waals surface area (Å²) in [6.45, 7) is 5.98. The van der Waals surface area contributed by atoms with Gasteiger partial charge in [0.05, 0.1) is 11.0 Å². The first-order valence-corrected chi connectivity index (χ1v) is 6.24. The molecule has 0 aliphatic carbocycles. The molecule has 1 rings (SSSR count). The van der Waals surface area contributed by atoms with Gasteiger partial charge in [-0.25, -0.2) is 0 Å². The molecule has 0 fully saturated rings. The van der Waals surface area contributed by atoms with Crippen LogP contribution in [0.1, 0.15) is 20.8 Å². The smallest absolute Gasteiger partial charge is 0.333 e. The maximum atomic E-state index is 11.2. The molecule has 1 aromatic rings. The number of nitro benzene ring substituents is 1. The SMILES string of the molecule is CC(CO)CNc1cccc(OC(C)C)c1[N+](=O)[O-]. The highest BCUT2D eigenvalue weighted by molar-refractivity contribution is 5.68. The molecule has 0 aliphatic rings. The molecule has 2 N–H and O–H groups in total. The Morgan fingerprint density at radius 2 is 2.11 bits per heavy atom. The Bertz CT molecular complexity index is 435. The van der Waals surface area contributed by atoms with Crippen molar-refractivity contribution in [3.63, 3.8) is 0 Å². The molecule has 19 heavy (non-hydrogen) atoms. The minimum absolute atomic E-state index is 0.0225. The van der Waals surface area contributed by atoms with E-state index < -0.39 is 4.92 Å². The topological polar surface area (TPSA) is 84.6 Å². The number of anilines is 1. The molecule has 0 heterocycles. The third kappa shape index (κ3) is 4.40. The number of ether oxygens (including phenoxy) is 1.